The number of benzene rings is 1. The van der Waals surface area contributed by atoms with Gasteiger partial charge in [0.05, 0.1) is 5.69 Å². The molecule has 0 saturated carbocycles. The summed E-state index contributed by atoms with van der Waals surface area (Å²) in [6, 6.07) is 9.83. The van der Waals surface area contributed by atoms with Crippen molar-refractivity contribution in [2.45, 2.75) is 33.5 Å². The Morgan fingerprint density at radius 3 is 2.60 bits per heavy atom. The average molecular weight is 272 g/mol. The average Bonchev–Trinajstić information content (AvgIpc) is 2.72. The molecular formula is C15H20N4O. The Morgan fingerprint density at radius 2 is 2.00 bits per heavy atom. The van der Waals surface area contributed by atoms with Crippen molar-refractivity contribution in [2.75, 3.05) is 0 Å². The highest BCUT2D eigenvalue weighted by atomic mass is 16.2. The number of aryl methyl sites for hydroxylation is 1. The van der Waals surface area contributed by atoms with Crippen LogP contribution in [0.5, 0.6) is 0 Å². The fourth-order valence-electron chi connectivity index (χ4n) is 2.17. The monoisotopic (exact) mass is 272 g/mol. The van der Waals surface area contributed by atoms with Crippen LogP contribution in [0.1, 0.15) is 22.5 Å². The predicted molar refractivity (Wildman–Crippen MR) is 77.9 cm³/mol. The highest BCUT2D eigenvalue weighted by molar-refractivity contribution is 5.75. The molecular weight excluding hydrogens is 252 g/mol. The minimum Gasteiger partial charge on any atom is -0.350 e. The van der Waals surface area contributed by atoms with Crippen molar-refractivity contribution in [1.82, 2.24) is 15.1 Å². The van der Waals surface area contributed by atoms with Gasteiger partial charge in [0.2, 0.25) is 5.91 Å². The molecule has 1 aromatic heterocycles. The van der Waals surface area contributed by atoms with Crippen molar-refractivity contribution in [3.63, 3.8) is 0 Å². The summed E-state index contributed by atoms with van der Waals surface area (Å²) in [5.74, 6) is -0.0528. The summed E-state index contributed by atoms with van der Waals surface area (Å²) in [4.78, 5) is 11.9. The van der Waals surface area contributed by atoms with Crippen molar-refractivity contribution in [1.29, 1.82) is 0 Å². The molecule has 5 nitrogen and oxygen atoms in total. The van der Waals surface area contributed by atoms with Crippen LogP contribution in [0.15, 0.2) is 30.3 Å². The molecule has 0 radical (unpaired) electrons. The van der Waals surface area contributed by atoms with Crippen LogP contribution in [-0.2, 0) is 24.4 Å². The molecule has 0 aliphatic rings. The largest absolute Gasteiger partial charge is 0.350 e. The number of amides is 1. The first-order valence-corrected chi connectivity index (χ1v) is 6.65. The van der Waals surface area contributed by atoms with Crippen molar-refractivity contribution >= 4 is 5.91 Å². The molecule has 2 aromatic rings. The van der Waals surface area contributed by atoms with Gasteiger partial charge >= 0.3 is 0 Å². The normalized spacial score (nSPS) is 10.6. The van der Waals surface area contributed by atoms with E-state index in [0.29, 0.717) is 13.1 Å². The molecule has 0 fully saturated rings. The lowest BCUT2D eigenvalue weighted by Crippen LogP contribution is -2.28. The van der Waals surface area contributed by atoms with Gasteiger partial charge in [0.15, 0.2) is 0 Å². The van der Waals surface area contributed by atoms with Crippen LogP contribution in [0, 0.1) is 13.8 Å². The molecule has 0 aliphatic heterocycles. The Morgan fingerprint density at radius 1 is 1.30 bits per heavy atom. The van der Waals surface area contributed by atoms with Gasteiger partial charge in [0, 0.05) is 24.3 Å². The van der Waals surface area contributed by atoms with E-state index in [1.54, 1.807) is 4.68 Å². The standard InChI is InChI=1S/C15H20N4O/c1-11-14(8-16)12(2)19(18-11)10-15(20)17-9-13-6-4-3-5-7-13/h3-7H,8-10,16H2,1-2H3,(H,17,20). The molecule has 0 saturated heterocycles. The van der Waals surface area contributed by atoms with Crippen LogP contribution in [0.25, 0.3) is 0 Å². The molecule has 1 aromatic carbocycles. The topological polar surface area (TPSA) is 72.9 Å². The molecule has 3 N–H and O–H groups in total. The number of hydrogen-bond donors (Lipinski definition) is 2. The molecule has 0 spiro atoms. The number of nitrogens with two attached hydrogens (primary N) is 1. The van der Waals surface area contributed by atoms with Crippen molar-refractivity contribution in [3.05, 3.63) is 52.8 Å². The zero-order chi connectivity index (χ0) is 14.5. The summed E-state index contributed by atoms with van der Waals surface area (Å²) in [6.45, 7) is 5.05. The van der Waals surface area contributed by atoms with Gasteiger partial charge in [0.25, 0.3) is 0 Å². The number of hydrogen-bond acceptors (Lipinski definition) is 3. The van der Waals surface area contributed by atoms with Crippen LogP contribution in [-0.4, -0.2) is 15.7 Å². The van der Waals surface area contributed by atoms with E-state index in [-0.39, 0.29) is 12.5 Å². The number of nitrogens with one attached hydrogen (secondary N) is 1. The lowest BCUT2D eigenvalue weighted by Gasteiger charge is -2.07. The summed E-state index contributed by atoms with van der Waals surface area (Å²) in [6.07, 6.45) is 0. The van der Waals surface area contributed by atoms with E-state index < -0.39 is 0 Å². The van der Waals surface area contributed by atoms with Gasteiger partial charge in [-0.25, -0.2) is 0 Å². The van der Waals surface area contributed by atoms with E-state index in [4.69, 9.17) is 5.73 Å². The minimum absolute atomic E-state index is 0.0528. The fraction of sp³-hybridized carbons (Fsp3) is 0.333. The first-order chi connectivity index (χ1) is 9.61. The van der Waals surface area contributed by atoms with E-state index in [2.05, 4.69) is 10.4 Å². The minimum atomic E-state index is -0.0528. The van der Waals surface area contributed by atoms with Crippen LogP contribution >= 0.6 is 0 Å². The lowest BCUT2D eigenvalue weighted by atomic mass is 10.2. The maximum absolute atomic E-state index is 11.9. The summed E-state index contributed by atoms with van der Waals surface area (Å²) in [5.41, 5.74) is 9.62. The molecule has 0 bridgehead atoms. The van der Waals surface area contributed by atoms with E-state index >= 15 is 0 Å². The molecule has 5 heteroatoms. The summed E-state index contributed by atoms with van der Waals surface area (Å²) >= 11 is 0. The van der Waals surface area contributed by atoms with Crippen molar-refractivity contribution in [3.8, 4) is 0 Å². The number of carbonyl (C=O) groups excluding carboxylic acids is 1. The third kappa shape index (κ3) is 3.24. The maximum atomic E-state index is 11.9. The quantitative estimate of drug-likeness (QED) is 0.861. The second-order valence-electron chi connectivity index (χ2n) is 4.77. The highest BCUT2D eigenvalue weighted by Crippen LogP contribution is 2.11. The van der Waals surface area contributed by atoms with Crippen molar-refractivity contribution < 1.29 is 4.79 Å². The third-order valence-electron chi connectivity index (χ3n) is 3.36. The molecule has 1 amide bonds. The van der Waals surface area contributed by atoms with E-state index in [9.17, 15) is 4.79 Å². The predicted octanol–water partition coefficient (Wildman–Crippen LogP) is 1.28. The SMILES string of the molecule is Cc1nn(CC(=O)NCc2ccccc2)c(C)c1CN. The van der Waals surface area contributed by atoms with Gasteiger partial charge in [-0.2, -0.15) is 5.10 Å². The van der Waals surface area contributed by atoms with Crippen LogP contribution in [0.2, 0.25) is 0 Å². The number of rotatable bonds is 5. The third-order valence-corrected chi connectivity index (χ3v) is 3.36. The summed E-state index contributed by atoms with van der Waals surface area (Å²) < 4.78 is 1.71. The Kier molecular flexibility index (Phi) is 4.53. The second kappa shape index (κ2) is 6.34. The fourth-order valence-corrected chi connectivity index (χ4v) is 2.17. The van der Waals surface area contributed by atoms with E-state index in [1.807, 2.05) is 44.2 Å². The molecule has 0 aliphatic carbocycles. The molecule has 1 heterocycles. The Hall–Kier alpha value is -2.14. The summed E-state index contributed by atoms with van der Waals surface area (Å²) in [5, 5.41) is 7.24. The molecule has 106 valence electrons. The van der Waals surface area contributed by atoms with Crippen molar-refractivity contribution in [2.24, 2.45) is 5.73 Å². The van der Waals surface area contributed by atoms with Gasteiger partial charge in [0.1, 0.15) is 6.54 Å². The van der Waals surface area contributed by atoms with Gasteiger partial charge in [-0.15, -0.1) is 0 Å². The number of aromatic nitrogens is 2. The number of carbonyl (C=O) groups is 1. The number of nitrogens with zero attached hydrogens (tertiary/aromatic N) is 2. The smallest absolute Gasteiger partial charge is 0.242 e. The van der Waals surface area contributed by atoms with E-state index in [0.717, 1.165) is 22.5 Å². The van der Waals surface area contributed by atoms with Gasteiger partial charge < -0.3 is 11.1 Å². The Bertz CT molecular complexity index is 589. The summed E-state index contributed by atoms with van der Waals surface area (Å²) in [7, 11) is 0. The molecule has 2 rings (SSSR count). The first-order valence-electron chi connectivity index (χ1n) is 6.65. The van der Waals surface area contributed by atoms with Gasteiger partial charge in [-0.3, -0.25) is 9.48 Å². The lowest BCUT2D eigenvalue weighted by molar-refractivity contribution is -0.122. The zero-order valence-electron chi connectivity index (χ0n) is 11.9. The zero-order valence-corrected chi connectivity index (χ0v) is 11.9. The van der Waals surface area contributed by atoms with E-state index in [1.165, 1.54) is 0 Å². The van der Waals surface area contributed by atoms with Crippen LogP contribution in [0.3, 0.4) is 0 Å². The maximum Gasteiger partial charge on any atom is 0.242 e. The highest BCUT2D eigenvalue weighted by Gasteiger charge is 2.12. The van der Waals surface area contributed by atoms with Crippen LogP contribution < -0.4 is 11.1 Å². The second-order valence-corrected chi connectivity index (χ2v) is 4.77. The van der Waals surface area contributed by atoms with Crippen LogP contribution in [0.4, 0.5) is 0 Å². The Balaban J connectivity index is 1.95. The molecule has 0 unspecified atom stereocenters. The van der Waals surface area contributed by atoms with Gasteiger partial charge in [-0.1, -0.05) is 30.3 Å². The first kappa shape index (κ1) is 14.3. The van der Waals surface area contributed by atoms with Gasteiger partial charge in [-0.05, 0) is 19.4 Å². The molecule has 20 heavy (non-hydrogen) atoms. The molecule has 0 atom stereocenters. The Labute approximate surface area is 118 Å².